The molecule has 1 saturated heterocycles. The van der Waals surface area contributed by atoms with Gasteiger partial charge in [-0.3, -0.25) is 9.69 Å². The second kappa shape index (κ2) is 5.55. The zero-order valence-corrected chi connectivity index (χ0v) is 11.3. The Bertz CT molecular complexity index is 303. The number of rotatable bonds is 5. The van der Waals surface area contributed by atoms with Crippen molar-refractivity contribution in [1.82, 2.24) is 10.2 Å². The molecular weight excluding hydrogens is 232 g/mol. The van der Waals surface area contributed by atoms with Crippen LogP contribution in [0, 0.1) is 5.92 Å². The molecule has 0 bridgehead atoms. The van der Waals surface area contributed by atoms with Gasteiger partial charge in [-0.1, -0.05) is 0 Å². The lowest BCUT2D eigenvalue weighted by atomic mass is 10.1. The lowest BCUT2D eigenvalue weighted by Crippen LogP contribution is -2.55. The SMILES string of the molecule is CC1(C)CN(CC(=O)NCC2CC2)CC(CO)O1. The van der Waals surface area contributed by atoms with E-state index >= 15 is 0 Å². The average molecular weight is 256 g/mol. The molecule has 0 aromatic rings. The molecule has 0 radical (unpaired) electrons. The summed E-state index contributed by atoms with van der Waals surface area (Å²) in [6, 6.07) is 0. The van der Waals surface area contributed by atoms with Gasteiger partial charge in [-0.15, -0.1) is 0 Å². The molecule has 1 amide bonds. The van der Waals surface area contributed by atoms with E-state index in [1.807, 2.05) is 13.8 Å². The van der Waals surface area contributed by atoms with Gasteiger partial charge in [0.25, 0.3) is 0 Å². The summed E-state index contributed by atoms with van der Waals surface area (Å²) in [5.41, 5.74) is -0.303. The first-order chi connectivity index (χ1) is 8.48. The van der Waals surface area contributed by atoms with E-state index < -0.39 is 0 Å². The maximum absolute atomic E-state index is 11.8. The van der Waals surface area contributed by atoms with Gasteiger partial charge in [-0.05, 0) is 32.6 Å². The number of nitrogens with zero attached hydrogens (tertiary/aromatic N) is 1. The molecule has 1 atom stereocenters. The number of aliphatic hydroxyl groups excluding tert-OH is 1. The van der Waals surface area contributed by atoms with Crippen LogP contribution in [0.25, 0.3) is 0 Å². The minimum atomic E-state index is -0.303. The number of carbonyl (C=O) groups is 1. The first-order valence-electron chi connectivity index (χ1n) is 6.76. The normalized spacial score (nSPS) is 28.1. The Balaban J connectivity index is 1.77. The van der Waals surface area contributed by atoms with Gasteiger partial charge < -0.3 is 15.2 Å². The zero-order chi connectivity index (χ0) is 13.2. The molecule has 2 fully saturated rings. The molecule has 0 aromatic carbocycles. The third-order valence-electron chi connectivity index (χ3n) is 3.41. The van der Waals surface area contributed by atoms with E-state index in [1.54, 1.807) is 0 Å². The first kappa shape index (κ1) is 13.8. The van der Waals surface area contributed by atoms with E-state index in [0.717, 1.165) is 13.1 Å². The molecule has 0 spiro atoms. The van der Waals surface area contributed by atoms with E-state index in [2.05, 4.69) is 10.2 Å². The molecule has 2 aliphatic rings. The summed E-state index contributed by atoms with van der Waals surface area (Å²) in [5.74, 6) is 0.788. The zero-order valence-electron chi connectivity index (χ0n) is 11.3. The van der Waals surface area contributed by atoms with Crippen LogP contribution in [-0.2, 0) is 9.53 Å². The Hall–Kier alpha value is -0.650. The first-order valence-corrected chi connectivity index (χ1v) is 6.76. The fourth-order valence-electron chi connectivity index (χ4n) is 2.47. The number of aliphatic hydroxyl groups is 1. The largest absolute Gasteiger partial charge is 0.394 e. The van der Waals surface area contributed by atoms with Crippen molar-refractivity contribution in [3.63, 3.8) is 0 Å². The summed E-state index contributed by atoms with van der Waals surface area (Å²) in [6.07, 6.45) is 2.31. The van der Waals surface area contributed by atoms with Crippen LogP contribution in [0.4, 0.5) is 0 Å². The minimum Gasteiger partial charge on any atom is -0.394 e. The summed E-state index contributed by atoms with van der Waals surface area (Å²) in [7, 11) is 0. The van der Waals surface area contributed by atoms with Crippen molar-refractivity contribution in [3.8, 4) is 0 Å². The second-order valence-corrected chi connectivity index (χ2v) is 6.10. The van der Waals surface area contributed by atoms with Gasteiger partial charge in [0.2, 0.25) is 5.91 Å². The molecule has 1 aliphatic heterocycles. The Kier molecular flexibility index (Phi) is 4.25. The van der Waals surface area contributed by atoms with Gasteiger partial charge in [-0.2, -0.15) is 0 Å². The quantitative estimate of drug-likeness (QED) is 0.726. The monoisotopic (exact) mass is 256 g/mol. The van der Waals surface area contributed by atoms with Crippen molar-refractivity contribution >= 4 is 5.91 Å². The standard InChI is InChI=1S/C13H24N2O3/c1-13(2)9-15(6-11(8-16)18-13)7-12(17)14-5-10-3-4-10/h10-11,16H,3-9H2,1-2H3,(H,14,17). The molecule has 1 aliphatic carbocycles. The summed E-state index contributed by atoms with van der Waals surface area (Å²) in [4.78, 5) is 13.9. The van der Waals surface area contributed by atoms with Crippen LogP contribution in [0.5, 0.6) is 0 Å². The Morgan fingerprint density at radius 1 is 1.50 bits per heavy atom. The summed E-state index contributed by atoms with van der Waals surface area (Å²) < 4.78 is 5.72. The van der Waals surface area contributed by atoms with E-state index in [1.165, 1.54) is 12.8 Å². The lowest BCUT2D eigenvalue weighted by molar-refractivity contribution is -0.153. The maximum Gasteiger partial charge on any atom is 0.234 e. The third kappa shape index (κ3) is 4.23. The molecular formula is C13H24N2O3. The number of hydrogen-bond acceptors (Lipinski definition) is 4. The van der Waals surface area contributed by atoms with Crippen molar-refractivity contribution < 1.29 is 14.6 Å². The summed E-state index contributed by atoms with van der Waals surface area (Å²) >= 11 is 0. The number of carbonyl (C=O) groups excluding carboxylic acids is 1. The highest BCUT2D eigenvalue weighted by Gasteiger charge is 2.33. The minimum absolute atomic E-state index is 0.00359. The molecule has 1 heterocycles. The lowest BCUT2D eigenvalue weighted by Gasteiger charge is -2.42. The predicted octanol–water partition coefficient (Wildman–Crippen LogP) is -0.0157. The molecule has 104 valence electrons. The molecule has 1 unspecified atom stereocenters. The van der Waals surface area contributed by atoms with Crippen LogP contribution in [0.15, 0.2) is 0 Å². The predicted molar refractivity (Wildman–Crippen MR) is 68.2 cm³/mol. The summed E-state index contributed by atoms with van der Waals surface area (Å²) in [6.45, 7) is 6.54. The Morgan fingerprint density at radius 3 is 2.83 bits per heavy atom. The van der Waals surface area contributed by atoms with Crippen LogP contribution in [-0.4, -0.2) is 60.4 Å². The van der Waals surface area contributed by atoms with Crippen molar-refractivity contribution in [1.29, 1.82) is 0 Å². The smallest absolute Gasteiger partial charge is 0.234 e. The van der Waals surface area contributed by atoms with Gasteiger partial charge >= 0.3 is 0 Å². The van der Waals surface area contributed by atoms with E-state index in [-0.39, 0.29) is 24.2 Å². The summed E-state index contributed by atoms with van der Waals surface area (Å²) in [5, 5.41) is 12.2. The fraction of sp³-hybridized carbons (Fsp3) is 0.923. The maximum atomic E-state index is 11.8. The van der Waals surface area contributed by atoms with Crippen molar-refractivity contribution in [2.45, 2.75) is 38.4 Å². The van der Waals surface area contributed by atoms with Gasteiger partial charge in [0, 0.05) is 19.6 Å². The van der Waals surface area contributed by atoms with Gasteiger partial charge in [-0.25, -0.2) is 0 Å². The molecule has 0 aromatic heterocycles. The Morgan fingerprint density at radius 2 is 2.22 bits per heavy atom. The molecule has 2 N–H and O–H groups in total. The van der Waals surface area contributed by atoms with Crippen LogP contribution >= 0.6 is 0 Å². The molecule has 2 rings (SSSR count). The van der Waals surface area contributed by atoms with Crippen molar-refractivity contribution in [3.05, 3.63) is 0 Å². The molecule has 18 heavy (non-hydrogen) atoms. The van der Waals surface area contributed by atoms with Crippen LogP contribution in [0.3, 0.4) is 0 Å². The van der Waals surface area contributed by atoms with Gasteiger partial charge in [0.1, 0.15) is 0 Å². The van der Waals surface area contributed by atoms with Crippen LogP contribution in [0.1, 0.15) is 26.7 Å². The molecule has 5 heteroatoms. The number of ether oxygens (including phenoxy) is 1. The third-order valence-corrected chi connectivity index (χ3v) is 3.41. The van der Waals surface area contributed by atoms with E-state index in [0.29, 0.717) is 19.0 Å². The van der Waals surface area contributed by atoms with Gasteiger partial charge in [0.15, 0.2) is 0 Å². The number of amides is 1. The molecule has 5 nitrogen and oxygen atoms in total. The second-order valence-electron chi connectivity index (χ2n) is 6.10. The van der Waals surface area contributed by atoms with E-state index in [4.69, 9.17) is 4.74 Å². The number of morpholine rings is 1. The highest BCUT2D eigenvalue weighted by molar-refractivity contribution is 5.78. The fourth-order valence-corrected chi connectivity index (χ4v) is 2.47. The highest BCUT2D eigenvalue weighted by atomic mass is 16.5. The van der Waals surface area contributed by atoms with Gasteiger partial charge in [0.05, 0.1) is 24.9 Å². The topological polar surface area (TPSA) is 61.8 Å². The number of nitrogens with one attached hydrogen (secondary N) is 1. The van der Waals surface area contributed by atoms with E-state index in [9.17, 15) is 9.90 Å². The van der Waals surface area contributed by atoms with Crippen LogP contribution < -0.4 is 5.32 Å². The van der Waals surface area contributed by atoms with Crippen LogP contribution in [0.2, 0.25) is 0 Å². The Labute approximate surface area is 108 Å². The average Bonchev–Trinajstić information content (AvgIpc) is 3.07. The van der Waals surface area contributed by atoms with Crippen molar-refractivity contribution in [2.24, 2.45) is 5.92 Å². The molecule has 1 saturated carbocycles. The van der Waals surface area contributed by atoms with Crippen molar-refractivity contribution in [2.75, 3.05) is 32.8 Å². The number of hydrogen-bond donors (Lipinski definition) is 2. The highest BCUT2D eigenvalue weighted by Crippen LogP contribution is 2.27.